The molecular weight excluding hydrogens is 288 g/mol. The van der Waals surface area contributed by atoms with Gasteiger partial charge in [0, 0.05) is 29.7 Å². The minimum absolute atomic E-state index is 0.0140. The van der Waals surface area contributed by atoms with Crippen LogP contribution in [0.5, 0.6) is 0 Å². The predicted octanol–water partition coefficient (Wildman–Crippen LogP) is 3.29. The molecule has 1 aromatic carbocycles. The normalized spacial score (nSPS) is 10.5. The van der Waals surface area contributed by atoms with Crippen LogP contribution in [0.3, 0.4) is 0 Å². The van der Waals surface area contributed by atoms with Crippen LogP contribution in [0, 0.1) is 6.92 Å². The van der Waals surface area contributed by atoms with E-state index in [1.165, 1.54) is 5.56 Å². The fraction of sp³-hybridized carbons (Fsp3) is 0.333. The van der Waals surface area contributed by atoms with Gasteiger partial charge in [0.1, 0.15) is 0 Å². The molecule has 0 atom stereocenters. The number of nitrogens with one attached hydrogen (secondary N) is 1. The van der Waals surface area contributed by atoms with Crippen LogP contribution in [0.15, 0.2) is 29.6 Å². The summed E-state index contributed by atoms with van der Waals surface area (Å²) in [5, 5.41) is 6.05. The van der Waals surface area contributed by atoms with Gasteiger partial charge in [-0.15, -0.1) is 11.3 Å². The summed E-state index contributed by atoms with van der Waals surface area (Å²) in [5.74, 6) is 0.916. The van der Waals surface area contributed by atoms with Crippen molar-refractivity contribution in [3.63, 3.8) is 0 Å². The maximum absolute atomic E-state index is 12.1. The van der Waals surface area contributed by atoms with Crippen molar-refractivity contribution in [1.29, 1.82) is 0 Å². The molecule has 0 unspecified atom stereocenters. The third-order valence-corrected chi connectivity index (χ3v) is 4.28. The Labute approximate surface area is 127 Å². The summed E-state index contributed by atoms with van der Waals surface area (Å²) >= 11 is 3.39. The lowest BCUT2D eigenvalue weighted by Gasteiger charge is -2.06. The predicted molar refractivity (Wildman–Crippen MR) is 86.5 cm³/mol. The zero-order valence-corrected chi connectivity index (χ0v) is 13.3. The number of thioether (sulfide) groups is 1. The number of carbonyl (C=O) groups is 1. The summed E-state index contributed by atoms with van der Waals surface area (Å²) in [4.78, 5) is 16.4. The monoisotopic (exact) mass is 306 g/mol. The lowest BCUT2D eigenvalue weighted by atomic mass is 10.1. The Kier molecular flexibility index (Phi) is 5.61. The molecule has 106 valence electrons. The van der Waals surface area contributed by atoms with Gasteiger partial charge in [-0.25, -0.2) is 4.98 Å². The number of hydrogen-bond donors (Lipinski definition) is 1. The molecule has 1 aromatic heterocycles. The van der Waals surface area contributed by atoms with Crippen LogP contribution in [0.2, 0.25) is 0 Å². The topological polar surface area (TPSA) is 42.0 Å². The number of hydrogen-bond acceptors (Lipinski definition) is 4. The molecule has 0 aliphatic heterocycles. The van der Waals surface area contributed by atoms with E-state index in [-0.39, 0.29) is 5.91 Å². The summed E-state index contributed by atoms with van der Waals surface area (Å²) in [6.07, 6.45) is 2.84. The molecule has 0 aliphatic rings. The number of amides is 1. The quantitative estimate of drug-likeness (QED) is 0.890. The van der Waals surface area contributed by atoms with Gasteiger partial charge in [-0.05, 0) is 30.9 Å². The molecule has 0 saturated heterocycles. The van der Waals surface area contributed by atoms with Crippen molar-refractivity contribution in [2.45, 2.75) is 19.1 Å². The van der Waals surface area contributed by atoms with Gasteiger partial charge in [0.15, 0.2) is 0 Å². The largest absolute Gasteiger partial charge is 0.352 e. The fourth-order valence-electron chi connectivity index (χ4n) is 1.90. The third-order valence-electron chi connectivity index (χ3n) is 2.83. The molecule has 5 heteroatoms. The second-order valence-corrected chi connectivity index (χ2v) is 6.43. The van der Waals surface area contributed by atoms with Crippen molar-refractivity contribution >= 4 is 29.0 Å². The molecule has 20 heavy (non-hydrogen) atoms. The van der Waals surface area contributed by atoms with Gasteiger partial charge in [-0.1, -0.05) is 12.1 Å². The number of carbonyl (C=O) groups excluding carboxylic acids is 1. The molecule has 0 saturated carbocycles. The van der Waals surface area contributed by atoms with E-state index in [1.807, 2.05) is 36.6 Å². The number of benzene rings is 1. The second-order valence-electron chi connectivity index (χ2n) is 4.50. The number of aryl methyl sites for hydroxylation is 1. The smallest absolute Gasteiger partial charge is 0.251 e. The highest BCUT2D eigenvalue weighted by Crippen LogP contribution is 2.11. The van der Waals surface area contributed by atoms with E-state index in [0.29, 0.717) is 6.54 Å². The Balaban J connectivity index is 1.86. The molecular formula is C15H18N2OS2. The highest BCUT2D eigenvalue weighted by atomic mass is 32.2. The average Bonchev–Trinajstić information content (AvgIpc) is 2.85. The van der Waals surface area contributed by atoms with E-state index in [0.717, 1.165) is 28.4 Å². The standard InChI is InChI=1S/C15H18N2OS2/c1-11-17-14(10-20-11)6-7-16-15(18)13-5-3-4-12(8-13)9-19-2/h3-5,8,10H,6-7,9H2,1-2H3,(H,16,18). The first-order valence-electron chi connectivity index (χ1n) is 6.46. The summed E-state index contributed by atoms with van der Waals surface area (Å²) < 4.78 is 0. The van der Waals surface area contributed by atoms with Gasteiger partial charge in [0.2, 0.25) is 0 Å². The zero-order chi connectivity index (χ0) is 14.4. The first kappa shape index (κ1) is 15.1. The van der Waals surface area contributed by atoms with Gasteiger partial charge in [-0.3, -0.25) is 4.79 Å². The molecule has 2 rings (SSSR count). The molecule has 0 radical (unpaired) electrons. The van der Waals surface area contributed by atoms with E-state index in [2.05, 4.69) is 16.6 Å². The lowest BCUT2D eigenvalue weighted by molar-refractivity contribution is 0.0954. The maximum atomic E-state index is 12.1. The van der Waals surface area contributed by atoms with Crippen LogP contribution in [0.4, 0.5) is 0 Å². The van der Waals surface area contributed by atoms with Crippen LogP contribution in [-0.4, -0.2) is 23.7 Å². The van der Waals surface area contributed by atoms with Gasteiger partial charge in [0.25, 0.3) is 5.91 Å². The Morgan fingerprint density at radius 2 is 2.30 bits per heavy atom. The van der Waals surface area contributed by atoms with Crippen LogP contribution in [-0.2, 0) is 12.2 Å². The van der Waals surface area contributed by atoms with Crippen molar-refractivity contribution in [3.05, 3.63) is 51.5 Å². The van der Waals surface area contributed by atoms with Crippen LogP contribution in [0.25, 0.3) is 0 Å². The van der Waals surface area contributed by atoms with Crippen molar-refractivity contribution in [3.8, 4) is 0 Å². The second kappa shape index (κ2) is 7.45. The summed E-state index contributed by atoms with van der Waals surface area (Å²) in [6.45, 7) is 2.61. The highest BCUT2D eigenvalue weighted by Gasteiger charge is 2.06. The highest BCUT2D eigenvalue weighted by molar-refractivity contribution is 7.97. The number of nitrogens with zero attached hydrogens (tertiary/aromatic N) is 1. The minimum atomic E-state index is -0.0140. The lowest BCUT2D eigenvalue weighted by Crippen LogP contribution is -2.25. The maximum Gasteiger partial charge on any atom is 0.251 e. The Morgan fingerprint density at radius 1 is 1.45 bits per heavy atom. The van der Waals surface area contributed by atoms with Crippen LogP contribution in [0.1, 0.15) is 26.6 Å². The summed E-state index contributed by atoms with van der Waals surface area (Å²) in [7, 11) is 0. The third kappa shape index (κ3) is 4.35. The van der Waals surface area contributed by atoms with Crippen LogP contribution < -0.4 is 5.32 Å². The van der Waals surface area contributed by atoms with Gasteiger partial charge in [0.05, 0.1) is 10.7 Å². The molecule has 1 heterocycles. The Bertz CT molecular complexity index is 581. The SMILES string of the molecule is CSCc1cccc(C(=O)NCCc2csc(C)n2)c1. The zero-order valence-electron chi connectivity index (χ0n) is 11.7. The van der Waals surface area contributed by atoms with E-state index < -0.39 is 0 Å². The molecule has 0 fully saturated rings. The molecule has 1 amide bonds. The Hall–Kier alpha value is -1.33. The van der Waals surface area contributed by atoms with Crippen molar-refractivity contribution in [2.24, 2.45) is 0 Å². The molecule has 0 bridgehead atoms. The molecule has 3 nitrogen and oxygen atoms in total. The molecule has 0 aliphatic carbocycles. The fourth-order valence-corrected chi connectivity index (χ4v) is 3.06. The number of aromatic nitrogens is 1. The first-order valence-corrected chi connectivity index (χ1v) is 8.73. The number of thiazole rings is 1. The Morgan fingerprint density at radius 3 is 3.00 bits per heavy atom. The van der Waals surface area contributed by atoms with Gasteiger partial charge in [-0.2, -0.15) is 11.8 Å². The van der Waals surface area contributed by atoms with E-state index >= 15 is 0 Å². The first-order chi connectivity index (χ1) is 9.69. The minimum Gasteiger partial charge on any atom is -0.352 e. The van der Waals surface area contributed by atoms with Crippen LogP contribution >= 0.6 is 23.1 Å². The van der Waals surface area contributed by atoms with E-state index in [1.54, 1.807) is 23.1 Å². The summed E-state index contributed by atoms with van der Waals surface area (Å²) in [5.41, 5.74) is 2.95. The van der Waals surface area contributed by atoms with Gasteiger partial charge >= 0.3 is 0 Å². The van der Waals surface area contributed by atoms with E-state index in [9.17, 15) is 4.79 Å². The van der Waals surface area contributed by atoms with Gasteiger partial charge < -0.3 is 5.32 Å². The van der Waals surface area contributed by atoms with Crippen molar-refractivity contribution in [2.75, 3.05) is 12.8 Å². The molecule has 0 spiro atoms. The molecule has 1 N–H and O–H groups in total. The van der Waals surface area contributed by atoms with Crippen molar-refractivity contribution < 1.29 is 4.79 Å². The van der Waals surface area contributed by atoms with Crippen molar-refractivity contribution in [1.82, 2.24) is 10.3 Å². The molecule has 2 aromatic rings. The summed E-state index contributed by atoms with van der Waals surface area (Å²) in [6, 6.07) is 7.79. The number of rotatable bonds is 6. The average molecular weight is 306 g/mol. The van der Waals surface area contributed by atoms with E-state index in [4.69, 9.17) is 0 Å².